The number of hydrogen-bond donors (Lipinski definition) is 0. The highest BCUT2D eigenvalue weighted by molar-refractivity contribution is 5.31. The molecule has 10 heavy (non-hydrogen) atoms. The van der Waals surface area contributed by atoms with Crippen LogP contribution in [-0.4, -0.2) is 12.0 Å². The second kappa shape index (κ2) is 3.48. The molecule has 0 spiro atoms. The van der Waals surface area contributed by atoms with Crippen LogP contribution < -0.4 is 4.91 Å². The topological polar surface area (TPSA) is 51.7 Å². The molecule has 0 aliphatic rings. The van der Waals surface area contributed by atoms with Crippen molar-refractivity contribution in [2.45, 2.75) is 0 Å². The van der Waals surface area contributed by atoms with Gasteiger partial charge in [0.15, 0.2) is 10.8 Å². The summed E-state index contributed by atoms with van der Waals surface area (Å²) in [5, 5.41) is 7.21. The molecule has 4 nitrogen and oxygen atoms in total. The van der Waals surface area contributed by atoms with Crippen LogP contribution in [-0.2, 0) is 0 Å². The molecule has 1 aromatic rings. The van der Waals surface area contributed by atoms with Gasteiger partial charge in [-0.25, -0.2) is 0 Å². The van der Waals surface area contributed by atoms with E-state index >= 15 is 0 Å². The summed E-state index contributed by atoms with van der Waals surface area (Å²) in [6.45, 7) is 0. The summed E-state index contributed by atoms with van der Waals surface area (Å²) < 4.78 is 0. The summed E-state index contributed by atoms with van der Waals surface area (Å²) in [6.07, 6.45) is 3.31. The van der Waals surface area contributed by atoms with E-state index in [0.29, 0.717) is 0 Å². The Morgan fingerprint density at radius 3 is 2.70 bits per heavy atom. The van der Waals surface area contributed by atoms with Crippen molar-refractivity contribution in [3.63, 3.8) is 0 Å². The average molecular weight is 135 g/mol. The van der Waals surface area contributed by atoms with Crippen LogP contribution in [0.25, 0.3) is 0 Å². The van der Waals surface area contributed by atoms with E-state index < -0.39 is 0 Å². The minimum absolute atomic E-state index is 0.764. The van der Waals surface area contributed by atoms with E-state index in [-0.39, 0.29) is 0 Å². The number of pyridine rings is 1. The lowest BCUT2D eigenvalue weighted by atomic mass is 10.4. The van der Waals surface area contributed by atoms with Gasteiger partial charge in [-0.1, -0.05) is 0 Å². The SMILES string of the molecule is CN=[N+]=Nc1ccncc1. The van der Waals surface area contributed by atoms with Gasteiger partial charge >= 0.3 is 0 Å². The lowest BCUT2D eigenvalue weighted by Gasteiger charge is -1.77. The maximum atomic E-state index is 3.82. The van der Waals surface area contributed by atoms with Crippen LogP contribution >= 0.6 is 0 Å². The Morgan fingerprint density at radius 2 is 2.10 bits per heavy atom. The first-order valence-electron chi connectivity index (χ1n) is 2.83. The van der Waals surface area contributed by atoms with E-state index in [1.165, 1.54) is 0 Å². The standard InChI is InChI=1S/C6H7N4/c1-7-10-9-6-2-4-8-5-3-6/h2-5H,1H3/q+1. The molecule has 0 unspecified atom stereocenters. The summed E-state index contributed by atoms with van der Waals surface area (Å²) in [5.41, 5.74) is 0.764. The van der Waals surface area contributed by atoms with Crippen LogP contribution in [0.5, 0.6) is 0 Å². The van der Waals surface area contributed by atoms with Gasteiger partial charge in [0, 0.05) is 12.4 Å². The quantitative estimate of drug-likeness (QED) is 0.423. The molecule has 0 atom stereocenters. The number of hydrogen-bond acceptors (Lipinski definition) is 3. The number of nitrogens with zero attached hydrogens (tertiary/aromatic N) is 4. The molecule has 0 saturated heterocycles. The van der Waals surface area contributed by atoms with Crippen molar-refractivity contribution < 1.29 is 0 Å². The summed E-state index contributed by atoms with van der Waals surface area (Å²) in [7, 11) is 1.57. The van der Waals surface area contributed by atoms with Gasteiger partial charge in [0.05, 0.1) is 0 Å². The van der Waals surface area contributed by atoms with Crippen LogP contribution in [0.15, 0.2) is 34.8 Å². The lowest BCUT2D eigenvalue weighted by molar-refractivity contribution is 1.02. The molecule has 0 aliphatic carbocycles. The van der Waals surface area contributed by atoms with Gasteiger partial charge in [-0.3, -0.25) is 4.98 Å². The zero-order valence-corrected chi connectivity index (χ0v) is 5.60. The fraction of sp³-hybridized carbons (Fsp3) is 0.167. The first-order chi connectivity index (χ1) is 4.93. The van der Waals surface area contributed by atoms with E-state index in [4.69, 9.17) is 0 Å². The van der Waals surface area contributed by atoms with E-state index in [9.17, 15) is 0 Å². The summed E-state index contributed by atoms with van der Waals surface area (Å²) in [6, 6.07) is 3.52. The minimum atomic E-state index is 0.764. The minimum Gasteiger partial charge on any atom is -0.265 e. The largest absolute Gasteiger partial charge is 0.265 e. The molecule has 50 valence electrons. The molecule has 1 aromatic heterocycles. The molecule has 0 aromatic carbocycles. The van der Waals surface area contributed by atoms with Crippen molar-refractivity contribution in [2.75, 3.05) is 7.05 Å². The predicted octanol–water partition coefficient (Wildman–Crippen LogP) is 1.31. The molecule has 0 saturated carbocycles. The van der Waals surface area contributed by atoms with Crippen LogP contribution in [0, 0.1) is 0 Å². The molecule has 0 fully saturated rings. The third-order valence-corrected chi connectivity index (χ3v) is 0.912. The second-order valence-electron chi connectivity index (χ2n) is 1.59. The third-order valence-electron chi connectivity index (χ3n) is 0.912. The van der Waals surface area contributed by atoms with E-state index in [1.54, 1.807) is 31.6 Å². The van der Waals surface area contributed by atoms with Gasteiger partial charge in [-0.15, -0.1) is 0 Å². The maximum Gasteiger partial charge on any atom is 0.222 e. The van der Waals surface area contributed by atoms with Crippen molar-refractivity contribution in [1.29, 1.82) is 0 Å². The molecule has 0 bridgehead atoms. The number of rotatable bonds is 1. The smallest absolute Gasteiger partial charge is 0.222 e. The highest BCUT2D eigenvalue weighted by atomic mass is 15.2. The first kappa shape index (κ1) is 6.58. The molecule has 1 rings (SSSR count). The normalized spacial score (nSPS) is 8.10. The second-order valence-corrected chi connectivity index (χ2v) is 1.59. The Hall–Kier alpha value is -1.54. The van der Waals surface area contributed by atoms with Crippen molar-refractivity contribution >= 4 is 5.69 Å². The zero-order chi connectivity index (χ0) is 7.23. The Bertz CT molecular complexity index is 248. The molecule has 1 heterocycles. The molecule has 0 amide bonds. The van der Waals surface area contributed by atoms with Gasteiger partial charge in [0.25, 0.3) is 0 Å². The molecular formula is C6H7N4+. The highest BCUT2D eigenvalue weighted by Gasteiger charge is 1.89. The first-order valence-corrected chi connectivity index (χ1v) is 2.83. The van der Waals surface area contributed by atoms with Crippen LogP contribution in [0.2, 0.25) is 0 Å². The molecular weight excluding hydrogens is 128 g/mol. The fourth-order valence-corrected chi connectivity index (χ4v) is 0.507. The Balaban J connectivity index is 2.87. The Morgan fingerprint density at radius 1 is 1.40 bits per heavy atom. The molecule has 0 N–H and O–H groups in total. The Labute approximate surface area is 58.4 Å². The van der Waals surface area contributed by atoms with E-state index in [0.717, 1.165) is 5.69 Å². The van der Waals surface area contributed by atoms with Crippen molar-refractivity contribution in [1.82, 2.24) is 9.90 Å². The van der Waals surface area contributed by atoms with Crippen LogP contribution in [0.4, 0.5) is 5.69 Å². The van der Waals surface area contributed by atoms with Crippen molar-refractivity contribution in [2.24, 2.45) is 10.2 Å². The van der Waals surface area contributed by atoms with E-state index in [2.05, 4.69) is 20.1 Å². The lowest BCUT2D eigenvalue weighted by Crippen LogP contribution is -1.67. The molecule has 0 radical (unpaired) electrons. The van der Waals surface area contributed by atoms with Crippen molar-refractivity contribution in [3.05, 3.63) is 24.5 Å². The zero-order valence-electron chi connectivity index (χ0n) is 5.60. The molecule has 0 aliphatic heterocycles. The van der Waals surface area contributed by atoms with Gasteiger partial charge < -0.3 is 0 Å². The van der Waals surface area contributed by atoms with Gasteiger partial charge in [-0.2, -0.15) is 0 Å². The van der Waals surface area contributed by atoms with Crippen LogP contribution in [0.1, 0.15) is 0 Å². The summed E-state index contributed by atoms with van der Waals surface area (Å²) in [5.74, 6) is 0. The fourth-order valence-electron chi connectivity index (χ4n) is 0.507. The van der Waals surface area contributed by atoms with Crippen LogP contribution in [0.3, 0.4) is 0 Å². The van der Waals surface area contributed by atoms with Gasteiger partial charge in [0.1, 0.15) is 12.2 Å². The van der Waals surface area contributed by atoms with Gasteiger partial charge in [-0.05, 0) is 12.1 Å². The third kappa shape index (κ3) is 1.76. The number of aromatic nitrogens is 1. The maximum absolute atomic E-state index is 3.82. The summed E-state index contributed by atoms with van der Waals surface area (Å²) in [4.78, 5) is 7.29. The van der Waals surface area contributed by atoms with Crippen molar-refractivity contribution in [3.8, 4) is 0 Å². The van der Waals surface area contributed by atoms with Gasteiger partial charge in [0.2, 0.25) is 4.91 Å². The predicted molar refractivity (Wildman–Crippen MR) is 36.8 cm³/mol. The van der Waals surface area contributed by atoms with E-state index in [1.807, 2.05) is 0 Å². The Kier molecular flexibility index (Phi) is 2.29. The highest BCUT2D eigenvalue weighted by Crippen LogP contribution is 2.05. The monoisotopic (exact) mass is 135 g/mol. The molecule has 4 heteroatoms. The average Bonchev–Trinajstić information content (AvgIpc) is 2.03. The summed E-state index contributed by atoms with van der Waals surface area (Å²) >= 11 is 0.